The quantitative estimate of drug-likeness (QED) is 0.380. The standard InChI is InChI=1S/C25H32FN7O6S/c1-4-38-17-11-18(15-32(14-17)24-27-12-16(26)13-28-24)40(34,35)31-25-30-29-23(21-9-6-10-39-21)33(25)22-19(36-2)7-5-8-20(22)37-3/h5,7-8,12-13,17-18,21H,4,6,9-11,14-15H2,1-3H3,(H,30,31)/t17-,18-,21-/m1/s1. The van der Waals surface area contributed by atoms with E-state index >= 15 is 0 Å². The van der Waals surface area contributed by atoms with Crippen LogP contribution in [0.25, 0.3) is 5.69 Å². The van der Waals surface area contributed by atoms with Crippen molar-refractivity contribution in [3.8, 4) is 17.2 Å². The van der Waals surface area contributed by atoms with Crippen molar-refractivity contribution in [3.05, 3.63) is 42.2 Å². The van der Waals surface area contributed by atoms with Crippen molar-refractivity contribution in [3.63, 3.8) is 0 Å². The highest BCUT2D eigenvalue weighted by Crippen LogP contribution is 2.39. The lowest BCUT2D eigenvalue weighted by molar-refractivity contribution is 0.0531. The van der Waals surface area contributed by atoms with Crippen LogP contribution in [0, 0.1) is 5.82 Å². The number of ether oxygens (including phenoxy) is 4. The number of methoxy groups -OCH3 is 2. The summed E-state index contributed by atoms with van der Waals surface area (Å²) in [4.78, 5) is 9.75. The van der Waals surface area contributed by atoms with E-state index in [4.69, 9.17) is 18.9 Å². The average molecular weight is 578 g/mol. The van der Waals surface area contributed by atoms with E-state index in [2.05, 4.69) is 24.9 Å². The topological polar surface area (TPSA) is 143 Å². The Balaban J connectivity index is 1.52. The monoisotopic (exact) mass is 577 g/mol. The molecule has 0 saturated carbocycles. The van der Waals surface area contributed by atoms with Gasteiger partial charge in [0, 0.05) is 26.3 Å². The molecule has 0 aliphatic carbocycles. The van der Waals surface area contributed by atoms with E-state index < -0.39 is 27.2 Å². The fourth-order valence-corrected chi connectivity index (χ4v) is 6.45. The summed E-state index contributed by atoms with van der Waals surface area (Å²) >= 11 is 0. The smallest absolute Gasteiger partial charge is 0.243 e. The number of hydrogen-bond donors (Lipinski definition) is 1. The third-order valence-corrected chi connectivity index (χ3v) is 8.56. The molecule has 4 heterocycles. The summed E-state index contributed by atoms with van der Waals surface area (Å²) in [5.41, 5.74) is 0.442. The normalized spacial score (nSPS) is 21.4. The molecule has 13 nitrogen and oxygen atoms in total. The van der Waals surface area contributed by atoms with Crippen molar-refractivity contribution in [2.45, 2.75) is 43.6 Å². The molecule has 2 aliphatic heterocycles. The fraction of sp³-hybridized carbons (Fsp3) is 0.520. The number of sulfonamides is 1. The van der Waals surface area contributed by atoms with Crippen LogP contribution in [0.2, 0.25) is 0 Å². The second-order valence-electron chi connectivity index (χ2n) is 9.42. The molecule has 0 spiro atoms. The van der Waals surface area contributed by atoms with Gasteiger partial charge in [-0.3, -0.25) is 9.29 Å². The van der Waals surface area contributed by atoms with Crippen molar-refractivity contribution < 1.29 is 31.8 Å². The molecule has 2 fully saturated rings. The Labute approximate surface area is 231 Å². The highest BCUT2D eigenvalue weighted by molar-refractivity contribution is 7.93. The molecule has 5 rings (SSSR count). The molecule has 1 N–H and O–H groups in total. The Hall–Kier alpha value is -3.56. The van der Waals surface area contributed by atoms with Gasteiger partial charge in [0.25, 0.3) is 0 Å². The van der Waals surface area contributed by atoms with Gasteiger partial charge in [0.15, 0.2) is 11.6 Å². The molecular weight excluding hydrogens is 545 g/mol. The summed E-state index contributed by atoms with van der Waals surface area (Å²) in [6.07, 6.45) is 3.06. The van der Waals surface area contributed by atoms with Crippen LogP contribution in [0.5, 0.6) is 11.5 Å². The van der Waals surface area contributed by atoms with E-state index in [0.29, 0.717) is 49.2 Å². The zero-order valence-corrected chi connectivity index (χ0v) is 23.3. The number of aromatic nitrogens is 5. The Morgan fingerprint density at radius 1 is 1.12 bits per heavy atom. The number of benzene rings is 1. The Morgan fingerprint density at radius 3 is 2.48 bits per heavy atom. The van der Waals surface area contributed by atoms with Crippen molar-refractivity contribution in [1.29, 1.82) is 0 Å². The van der Waals surface area contributed by atoms with E-state index in [1.165, 1.54) is 14.2 Å². The minimum atomic E-state index is -4.06. The third kappa shape index (κ3) is 5.67. The third-order valence-electron chi connectivity index (χ3n) is 6.87. The Morgan fingerprint density at radius 2 is 1.85 bits per heavy atom. The van der Waals surface area contributed by atoms with E-state index in [9.17, 15) is 12.8 Å². The predicted octanol–water partition coefficient (Wildman–Crippen LogP) is 2.49. The molecule has 0 radical (unpaired) electrons. The highest BCUT2D eigenvalue weighted by Gasteiger charge is 2.39. The Bertz CT molecular complexity index is 1390. The number of halogens is 1. The van der Waals surface area contributed by atoms with Gasteiger partial charge >= 0.3 is 0 Å². The minimum Gasteiger partial charge on any atom is -0.494 e. The molecule has 1 aromatic carbocycles. The van der Waals surface area contributed by atoms with Crippen LogP contribution in [-0.4, -0.2) is 85.0 Å². The van der Waals surface area contributed by atoms with Crippen LogP contribution >= 0.6 is 0 Å². The highest BCUT2D eigenvalue weighted by atomic mass is 32.2. The number of piperidine rings is 1. The SMILES string of the molecule is CCO[C@@H]1C[C@@H](S(=O)(=O)Nc2nnc([C@H]3CCCO3)n2-c2c(OC)cccc2OC)CN(c2ncc(F)cn2)C1. The van der Waals surface area contributed by atoms with Gasteiger partial charge < -0.3 is 23.8 Å². The summed E-state index contributed by atoms with van der Waals surface area (Å²) in [7, 11) is -1.04. The zero-order chi connectivity index (χ0) is 28.3. The first-order valence-electron chi connectivity index (χ1n) is 13.0. The molecule has 216 valence electrons. The number of nitrogens with zero attached hydrogens (tertiary/aromatic N) is 6. The lowest BCUT2D eigenvalue weighted by atomic mass is 10.1. The maximum atomic E-state index is 13.9. The predicted molar refractivity (Wildman–Crippen MR) is 143 cm³/mol. The number of hydrogen-bond acceptors (Lipinski definition) is 11. The van der Waals surface area contributed by atoms with E-state index in [-0.39, 0.29) is 31.0 Å². The van der Waals surface area contributed by atoms with E-state index in [0.717, 1.165) is 18.8 Å². The first kappa shape index (κ1) is 28.0. The van der Waals surface area contributed by atoms with E-state index in [1.54, 1.807) is 27.7 Å². The molecule has 0 bridgehead atoms. The van der Waals surface area contributed by atoms with Crippen molar-refractivity contribution in [1.82, 2.24) is 24.7 Å². The molecule has 2 aliphatic rings. The van der Waals surface area contributed by atoms with Crippen LogP contribution < -0.4 is 19.1 Å². The number of nitrogens with one attached hydrogen (secondary N) is 1. The molecule has 0 unspecified atom stereocenters. The lowest BCUT2D eigenvalue weighted by Gasteiger charge is -2.37. The summed E-state index contributed by atoms with van der Waals surface area (Å²) in [6, 6.07) is 5.25. The van der Waals surface area contributed by atoms with Crippen LogP contribution in [0.1, 0.15) is 38.1 Å². The van der Waals surface area contributed by atoms with Crippen LogP contribution in [0.4, 0.5) is 16.3 Å². The molecule has 3 aromatic rings. The summed E-state index contributed by atoms with van der Waals surface area (Å²) < 4.78 is 68.4. The van der Waals surface area contributed by atoms with Crippen molar-refractivity contribution >= 4 is 21.9 Å². The van der Waals surface area contributed by atoms with E-state index in [1.807, 2.05) is 6.92 Å². The van der Waals surface area contributed by atoms with Gasteiger partial charge in [-0.2, -0.15) is 0 Å². The Kier molecular flexibility index (Phi) is 8.32. The lowest BCUT2D eigenvalue weighted by Crippen LogP contribution is -2.51. The molecule has 3 atom stereocenters. The van der Waals surface area contributed by atoms with Crippen LogP contribution in [-0.2, 0) is 19.5 Å². The van der Waals surface area contributed by atoms with Gasteiger partial charge in [0.05, 0.1) is 32.7 Å². The van der Waals surface area contributed by atoms with Crippen LogP contribution in [0.3, 0.4) is 0 Å². The summed E-state index contributed by atoms with van der Waals surface area (Å²) in [6.45, 7) is 3.23. The van der Waals surface area contributed by atoms with Gasteiger partial charge in [-0.1, -0.05) is 6.07 Å². The average Bonchev–Trinajstić information content (AvgIpc) is 3.63. The van der Waals surface area contributed by atoms with Crippen molar-refractivity contribution in [2.75, 3.05) is 50.1 Å². The maximum Gasteiger partial charge on any atom is 0.243 e. The maximum absolute atomic E-state index is 13.9. The fourth-order valence-electron chi connectivity index (χ4n) is 5.06. The van der Waals surface area contributed by atoms with Crippen LogP contribution in [0.15, 0.2) is 30.6 Å². The minimum absolute atomic E-state index is 0.0311. The number of rotatable bonds is 10. The van der Waals surface area contributed by atoms with Gasteiger partial charge in [-0.25, -0.2) is 22.8 Å². The first-order chi connectivity index (χ1) is 19.3. The van der Waals surface area contributed by atoms with Gasteiger partial charge in [-0.05, 0) is 38.3 Å². The second kappa shape index (κ2) is 11.9. The summed E-state index contributed by atoms with van der Waals surface area (Å²) in [5, 5.41) is 7.63. The zero-order valence-electron chi connectivity index (χ0n) is 22.5. The largest absolute Gasteiger partial charge is 0.494 e. The van der Waals surface area contributed by atoms with Gasteiger partial charge in [0.2, 0.25) is 21.9 Å². The molecule has 2 saturated heterocycles. The molecule has 0 amide bonds. The number of anilines is 2. The molecule has 2 aromatic heterocycles. The molecule has 40 heavy (non-hydrogen) atoms. The number of para-hydroxylation sites is 1. The first-order valence-corrected chi connectivity index (χ1v) is 14.5. The molecule has 15 heteroatoms. The van der Waals surface area contributed by atoms with Crippen molar-refractivity contribution in [2.24, 2.45) is 0 Å². The second-order valence-corrected chi connectivity index (χ2v) is 11.4. The summed E-state index contributed by atoms with van der Waals surface area (Å²) in [5.74, 6) is 0.904. The van der Waals surface area contributed by atoms with Gasteiger partial charge in [0.1, 0.15) is 28.5 Å². The molecular formula is C25H32FN7O6S. The van der Waals surface area contributed by atoms with Gasteiger partial charge in [-0.15, -0.1) is 10.2 Å².